The third kappa shape index (κ3) is 5.90. The minimum atomic E-state index is -0.707. The highest BCUT2D eigenvalue weighted by atomic mass is 79.9. The monoisotopic (exact) mass is 582 g/mol. The highest BCUT2D eigenvalue weighted by Gasteiger charge is 2.39. The molecular formula is C27H20BrClN2O6. The molecule has 0 saturated carbocycles. The quantitative estimate of drug-likeness (QED) is 0.217. The highest BCUT2D eigenvalue weighted by Crippen LogP contribution is 2.30. The Labute approximate surface area is 225 Å². The summed E-state index contributed by atoms with van der Waals surface area (Å²) in [6, 6.07) is 18.8. The van der Waals surface area contributed by atoms with Gasteiger partial charge in [0, 0.05) is 10.2 Å². The summed E-state index contributed by atoms with van der Waals surface area (Å²) in [4.78, 5) is 51.1. The molecule has 37 heavy (non-hydrogen) atoms. The number of hydrogen-bond donors (Lipinski definition) is 1. The number of nitrogens with zero attached hydrogens (tertiary/aromatic N) is 1. The van der Waals surface area contributed by atoms with Crippen LogP contribution in [0.4, 0.5) is 11.4 Å². The lowest BCUT2D eigenvalue weighted by atomic mass is 10.2. The number of esters is 2. The Balaban J connectivity index is 1.44. The Bertz CT molecular complexity index is 1400. The smallest absolute Gasteiger partial charge is 0.343 e. The number of hydrogen-bond acceptors (Lipinski definition) is 7. The van der Waals surface area contributed by atoms with Crippen molar-refractivity contribution < 1.29 is 28.7 Å². The number of anilines is 2. The van der Waals surface area contributed by atoms with Gasteiger partial charge in [0.2, 0.25) is 0 Å². The van der Waals surface area contributed by atoms with Crippen molar-refractivity contribution in [2.75, 3.05) is 10.2 Å². The van der Waals surface area contributed by atoms with Crippen LogP contribution in [0.3, 0.4) is 0 Å². The zero-order valence-electron chi connectivity index (χ0n) is 19.7. The summed E-state index contributed by atoms with van der Waals surface area (Å²) in [5, 5.41) is 2.56. The second kappa shape index (κ2) is 11.0. The third-order valence-electron chi connectivity index (χ3n) is 5.15. The predicted octanol–water partition coefficient (Wildman–Crippen LogP) is 5.67. The van der Waals surface area contributed by atoms with Crippen LogP contribution in [0.1, 0.15) is 34.6 Å². The molecule has 3 aromatic carbocycles. The average Bonchev–Trinajstić information content (AvgIpc) is 3.08. The Morgan fingerprint density at radius 3 is 2.00 bits per heavy atom. The molecule has 0 radical (unpaired) electrons. The molecular weight excluding hydrogens is 564 g/mol. The number of ether oxygens (including phenoxy) is 2. The van der Waals surface area contributed by atoms with Crippen molar-refractivity contribution in [3.05, 3.63) is 99.1 Å². The first-order valence-electron chi connectivity index (χ1n) is 11.1. The van der Waals surface area contributed by atoms with E-state index >= 15 is 0 Å². The van der Waals surface area contributed by atoms with Gasteiger partial charge in [-0.05, 0) is 86.6 Å². The van der Waals surface area contributed by atoms with Gasteiger partial charge in [0.05, 0.1) is 22.9 Å². The summed E-state index contributed by atoms with van der Waals surface area (Å²) in [5.74, 6) is -2.03. The van der Waals surface area contributed by atoms with Gasteiger partial charge in [0.25, 0.3) is 11.8 Å². The van der Waals surface area contributed by atoms with Gasteiger partial charge in [-0.15, -0.1) is 0 Å². The van der Waals surface area contributed by atoms with E-state index in [1.165, 1.54) is 36.4 Å². The molecule has 188 valence electrons. The first-order chi connectivity index (χ1) is 17.6. The van der Waals surface area contributed by atoms with Crippen LogP contribution in [-0.2, 0) is 14.3 Å². The Kier molecular flexibility index (Phi) is 7.75. The van der Waals surface area contributed by atoms with E-state index in [-0.39, 0.29) is 28.1 Å². The number of nitrogens with one attached hydrogen (secondary N) is 1. The molecule has 3 aromatic rings. The zero-order valence-corrected chi connectivity index (χ0v) is 22.0. The maximum atomic E-state index is 13.0. The molecule has 2 amide bonds. The molecule has 4 rings (SSSR count). The van der Waals surface area contributed by atoms with Crippen LogP contribution in [0.5, 0.6) is 5.75 Å². The summed E-state index contributed by atoms with van der Waals surface area (Å²) in [6.07, 6.45) is -0.281. The average molecular weight is 584 g/mol. The Hall–Kier alpha value is -3.95. The minimum absolute atomic E-state index is 0.111. The molecule has 1 aliphatic rings. The van der Waals surface area contributed by atoms with Crippen LogP contribution < -0.4 is 15.0 Å². The summed E-state index contributed by atoms with van der Waals surface area (Å²) in [5.41, 5.74) is 1.15. The van der Waals surface area contributed by atoms with E-state index in [0.717, 1.165) is 9.37 Å². The third-order valence-corrected chi connectivity index (χ3v) is 6.02. The van der Waals surface area contributed by atoms with Crippen LogP contribution in [0.2, 0.25) is 0 Å². The normalized spacial score (nSPS) is 13.3. The van der Waals surface area contributed by atoms with Crippen molar-refractivity contribution in [1.29, 1.82) is 0 Å². The number of rotatable bonds is 7. The maximum absolute atomic E-state index is 13.0. The molecule has 0 fully saturated rings. The highest BCUT2D eigenvalue weighted by molar-refractivity contribution is 9.10. The van der Waals surface area contributed by atoms with Gasteiger partial charge in [-0.25, -0.2) is 14.5 Å². The van der Waals surface area contributed by atoms with Crippen LogP contribution in [-0.4, -0.2) is 29.9 Å². The Morgan fingerprint density at radius 2 is 1.41 bits per heavy atom. The van der Waals surface area contributed by atoms with E-state index in [1.54, 1.807) is 50.2 Å². The van der Waals surface area contributed by atoms with Crippen LogP contribution in [0.15, 0.2) is 88.0 Å². The van der Waals surface area contributed by atoms with Crippen LogP contribution >= 0.6 is 27.5 Å². The Morgan fingerprint density at radius 1 is 0.838 bits per heavy atom. The number of benzene rings is 3. The number of amides is 2. The van der Waals surface area contributed by atoms with Crippen molar-refractivity contribution in [2.45, 2.75) is 20.0 Å². The lowest BCUT2D eigenvalue weighted by molar-refractivity contribution is -0.120. The summed E-state index contributed by atoms with van der Waals surface area (Å²) >= 11 is 9.51. The van der Waals surface area contributed by atoms with E-state index in [9.17, 15) is 19.2 Å². The molecule has 1 heterocycles. The molecule has 0 bridgehead atoms. The molecule has 0 atom stereocenters. The van der Waals surface area contributed by atoms with E-state index in [1.807, 2.05) is 0 Å². The van der Waals surface area contributed by atoms with E-state index in [2.05, 4.69) is 21.2 Å². The molecule has 8 nitrogen and oxygen atoms in total. The number of carbonyl (C=O) groups is 4. The van der Waals surface area contributed by atoms with Gasteiger partial charge in [0.1, 0.15) is 16.5 Å². The standard InChI is InChI=1S/C27H20BrClN2O6/c1-15(2)36-26(34)17-5-11-20(12-6-17)31-24(32)22(29)23(25(31)33)30-19-9-3-16(4-10-19)27(35)37-21-13-7-18(28)8-14-21/h3-15,30H,1-2H3. The molecule has 0 spiro atoms. The van der Waals surface area contributed by atoms with Crippen LogP contribution in [0.25, 0.3) is 0 Å². The first kappa shape index (κ1) is 26.1. The SMILES string of the molecule is CC(C)OC(=O)c1ccc(N2C(=O)C(Cl)=C(Nc3ccc(C(=O)Oc4ccc(Br)cc4)cc3)C2=O)cc1. The molecule has 0 saturated heterocycles. The largest absolute Gasteiger partial charge is 0.459 e. The van der Waals surface area contributed by atoms with E-state index in [4.69, 9.17) is 21.1 Å². The van der Waals surface area contributed by atoms with Crippen molar-refractivity contribution in [1.82, 2.24) is 0 Å². The molecule has 0 unspecified atom stereocenters. The van der Waals surface area contributed by atoms with Crippen LogP contribution in [0, 0.1) is 0 Å². The van der Waals surface area contributed by atoms with Gasteiger partial charge in [0.15, 0.2) is 0 Å². The lowest BCUT2D eigenvalue weighted by Crippen LogP contribution is -2.32. The second-order valence-electron chi connectivity index (χ2n) is 8.18. The van der Waals surface area contributed by atoms with Gasteiger partial charge >= 0.3 is 11.9 Å². The fourth-order valence-corrected chi connectivity index (χ4v) is 3.85. The zero-order chi connectivity index (χ0) is 26.7. The lowest BCUT2D eigenvalue weighted by Gasteiger charge is -2.16. The van der Waals surface area contributed by atoms with Crippen molar-refractivity contribution in [3.8, 4) is 5.75 Å². The molecule has 1 N–H and O–H groups in total. The topological polar surface area (TPSA) is 102 Å². The van der Waals surface area contributed by atoms with Gasteiger partial charge in [-0.3, -0.25) is 9.59 Å². The predicted molar refractivity (Wildman–Crippen MR) is 142 cm³/mol. The number of carbonyl (C=O) groups excluding carboxylic acids is 4. The number of halogens is 2. The van der Waals surface area contributed by atoms with E-state index in [0.29, 0.717) is 17.0 Å². The maximum Gasteiger partial charge on any atom is 0.343 e. The summed E-state index contributed by atoms with van der Waals surface area (Å²) in [7, 11) is 0. The van der Waals surface area contributed by atoms with Gasteiger partial charge in [-0.2, -0.15) is 0 Å². The van der Waals surface area contributed by atoms with Crippen molar-refractivity contribution in [2.24, 2.45) is 0 Å². The molecule has 0 aliphatic carbocycles. The number of imide groups is 1. The molecule has 1 aliphatic heterocycles. The molecule has 0 aromatic heterocycles. The fourth-order valence-electron chi connectivity index (χ4n) is 3.38. The van der Waals surface area contributed by atoms with Gasteiger partial charge < -0.3 is 14.8 Å². The fraction of sp³-hybridized carbons (Fsp3) is 0.111. The van der Waals surface area contributed by atoms with Crippen molar-refractivity contribution >= 4 is 62.7 Å². The minimum Gasteiger partial charge on any atom is -0.459 e. The second-order valence-corrected chi connectivity index (χ2v) is 9.48. The summed E-state index contributed by atoms with van der Waals surface area (Å²) in [6.45, 7) is 3.47. The molecule has 10 heteroatoms. The first-order valence-corrected chi connectivity index (χ1v) is 12.3. The van der Waals surface area contributed by atoms with Gasteiger partial charge in [-0.1, -0.05) is 27.5 Å². The van der Waals surface area contributed by atoms with Crippen molar-refractivity contribution in [3.63, 3.8) is 0 Å². The summed E-state index contributed by atoms with van der Waals surface area (Å²) < 4.78 is 11.3. The van der Waals surface area contributed by atoms with E-state index < -0.39 is 23.8 Å².